The number of H-pyrrole nitrogens is 2. The summed E-state index contributed by atoms with van der Waals surface area (Å²) >= 11 is 13.0. The van der Waals surface area contributed by atoms with Gasteiger partial charge in [-0.2, -0.15) is 0 Å². The third-order valence-electron chi connectivity index (χ3n) is 4.26. The fraction of sp³-hybridized carbons (Fsp3) is 0. The van der Waals surface area contributed by atoms with Gasteiger partial charge in [-0.1, -0.05) is 11.6 Å². The van der Waals surface area contributed by atoms with Crippen molar-refractivity contribution in [2.75, 3.05) is 0 Å². The summed E-state index contributed by atoms with van der Waals surface area (Å²) < 4.78 is 13.9. The van der Waals surface area contributed by atoms with Crippen molar-refractivity contribution in [1.82, 2.24) is 24.9 Å². The monoisotopic (exact) mass is 431 g/mol. The summed E-state index contributed by atoms with van der Waals surface area (Å²) in [6.45, 7) is 0. The second-order valence-electron chi connectivity index (χ2n) is 5.95. The van der Waals surface area contributed by atoms with Crippen molar-refractivity contribution in [3.05, 3.63) is 63.1 Å². The van der Waals surface area contributed by atoms with E-state index >= 15 is 0 Å². The Morgan fingerprint density at radius 3 is 2.68 bits per heavy atom. The smallest absolute Gasteiger partial charge is 0.256 e. The third-order valence-corrected chi connectivity index (χ3v) is 5.43. The van der Waals surface area contributed by atoms with Gasteiger partial charge in [-0.25, -0.2) is 19.3 Å². The van der Waals surface area contributed by atoms with E-state index in [1.54, 1.807) is 24.4 Å². The zero-order valence-electron chi connectivity index (χ0n) is 13.8. The largest absolute Gasteiger partial charge is 0.332 e. The highest BCUT2D eigenvalue weighted by Gasteiger charge is 2.16. The molecule has 28 heavy (non-hydrogen) atoms. The van der Waals surface area contributed by atoms with Crippen LogP contribution >= 0.6 is 35.0 Å². The molecule has 0 amide bonds. The van der Waals surface area contributed by atoms with E-state index in [9.17, 15) is 9.18 Å². The average Bonchev–Trinajstić information content (AvgIpc) is 3.04. The van der Waals surface area contributed by atoms with Gasteiger partial charge in [0.25, 0.3) is 5.56 Å². The van der Waals surface area contributed by atoms with Gasteiger partial charge < -0.3 is 9.97 Å². The lowest BCUT2D eigenvalue weighted by atomic mass is 10.0. The molecule has 0 spiro atoms. The van der Waals surface area contributed by atoms with Gasteiger partial charge in [-0.3, -0.25) is 4.79 Å². The van der Waals surface area contributed by atoms with Gasteiger partial charge in [-0.05, 0) is 47.6 Å². The number of fused-ring (bicyclic) bond motifs is 6. The van der Waals surface area contributed by atoms with Crippen LogP contribution in [0.1, 0.15) is 0 Å². The number of benzene rings is 2. The van der Waals surface area contributed by atoms with Gasteiger partial charge in [0.2, 0.25) is 5.28 Å². The Hall–Kier alpha value is -2.68. The first-order valence-corrected chi connectivity index (χ1v) is 9.57. The number of pyridine rings is 1. The molecule has 3 heterocycles. The van der Waals surface area contributed by atoms with Crippen LogP contribution in [-0.2, 0) is 0 Å². The highest BCUT2D eigenvalue weighted by molar-refractivity contribution is 7.99. The summed E-state index contributed by atoms with van der Waals surface area (Å²) in [6.07, 6.45) is 1.55. The van der Waals surface area contributed by atoms with Crippen LogP contribution in [0.25, 0.3) is 32.6 Å². The third kappa shape index (κ3) is 2.81. The summed E-state index contributed by atoms with van der Waals surface area (Å²) in [6, 6.07) is 7.64. The molecule has 0 aliphatic heterocycles. The second kappa shape index (κ2) is 6.44. The maximum Gasteiger partial charge on any atom is 0.256 e. The van der Waals surface area contributed by atoms with Gasteiger partial charge in [0.15, 0.2) is 5.16 Å². The number of aromatic nitrogens is 5. The standard InChI is InChI=1S/C18H8Cl2FN5OS/c19-11-6-12(24-17(20)23-11)28-18-25-14-8-2-1-7(21)5-10(8)13-9(15(14)26-18)3-4-22-16(13)27/h1-6H,(H,22,27)(H,25,26). The van der Waals surface area contributed by atoms with Crippen LogP contribution in [0.15, 0.2) is 51.5 Å². The molecule has 0 radical (unpaired) electrons. The van der Waals surface area contributed by atoms with Gasteiger partial charge in [0, 0.05) is 28.4 Å². The highest BCUT2D eigenvalue weighted by atomic mass is 35.5. The summed E-state index contributed by atoms with van der Waals surface area (Å²) in [5.74, 6) is -0.424. The molecule has 2 aromatic carbocycles. The Morgan fingerprint density at radius 2 is 1.86 bits per heavy atom. The average molecular weight is 432 g/mol. The number of nitrogens with one attached hydrogen (secondary N) is 2. The molecule has 0 saturated carbocycles. The van der Waals surface area contributed by atoms with Crippen molar-refractivity contribution >= 4 is 67.5 Å². The lowest BCUT2D eigenvalue weighted by Gasteiger charge is -2.05. The number of imidazole rings is 1. The molecule has 0 aliphatic rings. The maximum absolute atomic E-state index is 13.9. The molecule has 138 valence electrons. The van der Waals surface area contributed by atoms with Gasteiger partial charge in [0.1, 0.15) is 16.0 Å². The van der Waals surface area contributed by atoms with E-state index in [0.717, 1.165) is 0 Å². The summed E-state index contributed by atoms with van der Waals surface area (Å²) in [5, 5.41) is 3.51. The molecular weight excluding hydrogens is 424 g/mol. The zero-order valence-corrected chi connectivity index (χ0v) is 16.1. The van der Waals surface area contributed by atoms with Crippen LogP contribution in [0.5, 0.6) is 0 Å². The van der Waals surface area contributed by atoms with Crippen molar-refractivity contribution in [3.8, 4) is 0 Å². The molecule has 2 N–H and O–H groups in total. The molecule has 5 rings (SSSR count). The Morgan fingerprint density at radius 1 is 1.00 bits per heavy atom. The van der Waals surface area contributed by atoms with Gasteiger partial charge in [-0.15, -0.1) is 0 Å². The first kappa shape index (κ1) is 17.4. The summed E-state index contributed by atoms with van der Waals surface area (Å²) in [7, 11) is 0. The zero-order chi connectivity index (χ0) is 19.4. The van der Waals surface area contributed by atoms with Crippen molar-refractivity contribution < 1.29 is 4.39 Å². The molecule has 10 heteroatoms. The van der Waals surface area contributed by atoms with E-state index in [1.807, 2.05) is 0 Å². The van der Waals surface area contributed by atoms with Crippen LogP contribution in [-0.4, -0.2) is 24.9 Å². The van der Waals surface area contributed by atoms with Crippen molar-refractivity contribution in [1.29, 1.82) is 0 Å². The van der Waals surface area contributed by atoms with Crippen molar-refractivity contribution in [2.45, 2.75) is 10.2 Å². The Kier molecular flexibility index (Phi) is 4.01. The van der Waals surface area contributed by atoms with E-state index in [1.165, 1.54) is 23.9 Å². The Balaban J connectivity index is 1.81. The van der Waals surface area contributed by atoms with Crippen molar-refractivity contribution in [2.24, 2.45) is 0 Å². The molecule has 0 atom stereocenters. The number of hydrogen-bond donors (Lipinski definition) is 2. The second-order valence-corrected chi connectivity index (χ2v) is 7.69. The quantitative estimate of drug-likeness (QED) is 0.234. The molecule has 5 aromatic rings. The minimum Gasteiger partial charge on any atom is -0.332 e. The molecule has 0 bridgehead atoms. The van der Waals surface area contributed by atoms with Crippen LogP contribution in [0.3, 0.4) is 0 Å². The fourth-order valence-corrected chi connectivity index (χ4v) is 4.51. The lowest BCUT2D eigenvalue weighted by molar-refractivity contribution is 0.630. The van der Waals surface area contributed by atoms with E-state index in [-0.39, 0.29) is 16.0 Å². The van der Waals surface area contributed by atoms with Crippen LogP contribution in [0.4, 0.5) is 4.39 Å². The highest BCUT2D eigenvalue weighted by Crippen LogP contribution is 2.35. The molecule has 3 aromatic heterocycles. The Bertz CT molecular complexity index is 1450. The van der Waals surface area contributed by atoms with Crippen molar-refractivity contribution in [3.63, 3.8) is 0 Å². The number of halogens is 3. The predicted molar refractivity (Wildman–Crippen MR) is 108 cm³/mol. The van der Waals surface area contributed by atoms with E-state index in [4.69, 9.17) is 23.2 Å². The van der Waals surface area contributed by atoms with Gasteiger partial charge >= 0.3 is 0 Å². The number of rotatable bonds is 2. The molecule has 0 unspecified atom stereocenters. The minimum absolute atomic E-state index is 0.0315. The SMILES string of the molecule is O=c1[nH]ccc2c3[nH]c(Sc4cc(Cl)nc(Cl)n4)nc3c3ccc(F)cc3c12. The topological polar surface area (TPSA) is 87.3 Å². The predicted octanol–water partition coefficient (Wildman–Crippen LogP) is 4.94. The van der Waals surface area contributed by atoms with E-state index in [2.05, 4.69) is 24.9 Å². The molecular formula is C18H8Cl2FN5OS. The van der Waals surface area contributed by atoms with E-state index in [0.29, 0.717) is 42.8 Å². The minimum atomic E-state index is -0.424. The lowest BCUT2D eigenvalue weighted by Crippen LogP contribution is -2.05. The normalized spacial score (nSPS) is 11.7. The van der Waals surface area contributed by atoms with Crippen LogP contribution < -0.4 is 5.56 Å². The summed E-state index contributed by atoms with van der Waals surface area (Å²) in [4.78, 5) is 30.9. The van der Waals surface area contributed by atoms with Crippen LogP contribution in [0.2, 0.25) is 10.4 Å². The van der Waals surface area contributed by atoms with Gasteiger partial charge in [0.05, 0.1) is 16.4 Å². The maximum atomic E-state index is 13.9. The number of hydrogen-bond acceptors (Lipinski definition) is 5. The molecule has 0 aliphatic carbocycles. The van der Waals surface area contributed by atoms with E-state index < -0.39 is 5.82 Å². The van der Waals surface area contributed by atoms with Crippen LogP contribution in [0, 0.1) is 5.82 Å². The first-order valence-electron chi connectivity index (χ1n) is 8.00. The summed E-state index contributed by atoms with van der Waals surface area (Å²) in [5.41, 5.74) is 1.00. The number of nitrogens with zero attached hydrogens (tertiary/aromatic N) is 3. The number of aromatic amines is 2. The molecule has 6 nitrogen and oxygen atoms in total. The molecule has 0 saturated heterocycles. The molecule has 0 fully saturated rings. The fourth-order valence-electron chi connectivity index (χ4n) is 3.20. The Labute approximate surface area is 170 Å². The first-order chi connectivity index (χ1) is 13.5.